The van der Waals surface area contributed by atoms with Crippen LogP contribution in [0, 0.1) is 6.92 Å². The molecule has 2 aromatic carbocycles. The molecule has 80 valence electrons. The molecule has 0 aliphatic carbocycles. The second kappa shape index (κ2) is 3.24. The fourth-order valence-electron chi connectivity index (χ4n) is 2.82. The first-order chi connectivity index (χ1) is 7.60. The van der Waals surface area contributed by atoms with E-state index in [1.165, 1.54) is 16.7 Å². The predicted molar refractivity (Wildman–Crippen MR) is 73.4 cm³/mol. The van der Waals surface area contributed by atoms with Gasteiger partial charge < -0.3 is 0 Å². The molecule has 0 fully saturated rings. The van der Waals surface area contributed by atoms with Gasteiger partial charge in [0.2, 0.25) is 0 Å². The number of aryl methyl sites for hydroxylation is 1. The van der Waals surface area contributed by atoms with Gasteiger partial charge in [-0.1, -0.05) is 0 Å². The molecular formula is C15H16Ge. The quantitative estimate of drug-likeness (QED) is 0.645. The summed E-state index contributed by atoms with van der Waals surface area (Å²) < 4.78 is 3.30. The number of hydrogen-bond acceptors (Lipinski definition) is 0. The van der Waals surface area contributed by atoms with E-state index in [4.69, 9.17) is 0 Å². The SMILES string of the molecule is Cc1ccc2[c](c1)[Ge]([CH3])([CH3])[c]1ccccc1-2. The molecule has 0 aromatic heterocycles. The van der Waals surface area contributed by atoms with Gasteiger partial charge in [-0.3, -0.25) is 0 Å². The monoisotopic (exact) mass is 270 g/mol. The Labute approximate surface area is 99.7 Å². The van der Waals surface area contributed by atoms with Crippen LogP contribution in [0.2, 0.25) is 11.5 Å². The molecule has 0 atom stereocenters. The van der Waals surface area contributed by atoms with Crippen molar-refractivity contribution in [1.82, 2.24) is 0 Å². The molecule has 1 heteroatoms. The maximum absolute atomic E-state index is 2.50. The molecule has 0 N–H and O–H groups in total. The third-order valence-electron chi connectivity index (χ3n) is 3.74. The Morgan fingerprint density at radius 2 is 1.50 bits per heavy atom. The van der Waals surface area contributed by atoms with Gasteiger partial charge in [-0.2, -0.15) is 0 Å². The van der Waals surface area contributed by atoms with Gasteiger partial charge >= 0.3 is 99.6 Å². The molecule has 2 aromatic rings. The van der Waals surface area contributed by atoms with Gasteiger partial charge in [0.1, 0.15) is 0 Å². The molecular weight excluding hydrogens is 253 g/mol. The standard InChI is InChI=1S/C15H16Ge/c1-11-8-9-13-12-6-4-5-7-14(12)16(2,3)15(13)10-11/h4-10H,1-3H3. The van der Waals surface area contributed by atoms with Gasteiger partial charge in [0.25, 0.3) is 0 Å². The van der Waals surface area contributed by atoms with Crippen LogP contribution in [0.25, 0.3) is 11.1 Å². The topological polar surface area (TPSA) is 0 Å². The van der Waals surface area contributed by atoms with Crippen molar-refractivity contribution in [3.8, 4) is 11.1 Å². The van der Waals surface area contributed by atoms with Crippen molar-refractivity contribution in [3.05, 3.63) is 48.0 Å². The number of fused-ring (bicyclic) bond motifs is 3. The molecule has 0 radical (unpaired) electrons. The second-order valence-electron chi connectivity index (χ2n) is 5.22. The summed E-state index contributed by atoms with van der Waals surface area (Å²) in [5.74, 6) is 5.01. The minimum absolute atomic E-state index is 1.39. The molecule has 1 aliphatic heterocycles. The average Bonchev–Trinajstić information content (AvgIpc) is 2.49. The van der Waals surface area contributed by atoms with Crippen molar-refractivity contribution >= 4 is 22.1 Å². The molecule has 0 bridgehead atoms. The summed E-state index contributed by atoms with van der Waals surface area (Å²) in [6.45, 7) is 2.20. The van der Waals surface area contributed by atoms with Crippen molar-refractivity contribution in [2.45, 2.75) is 18.4 Å². The van der Waals surface area contributed by atoms with E-state index in [1.54, 1.807) is 8.79 Å². The Kier molecular flexibility index (Phi) is 2.05. The minimum atomic E-state index is -1.96. The Bertz CT molecular complexity index is 567. The summed E-state index contributed by atoms with van der Waals surface area (Å²) in [5, 5.41) is 0. The van der Waals surface area contributed by atoms with Gasteiger partial charge in [0.05, 0.1) is 0 Å². The van der Waals surface area contributed by atoms with Crippen LogP contribution in [0.3, 0.4) is 0 Å². The summed E-state index contributed by atoms with van der Waals surface area (Å²) in [6, 6.07) is 15.9. The normalized spacial score (nSPS) is 15.7. The Balaban J connectivity index is 2.39. The third kappa shape index (κ3) is 1.23. The summed E-state index contributed by atoms with van der Waals surface area (Å²) in [4.78, 5) is 0. The van der Waals surface area contributed by atoms with E-state index in [9.17, 15) is 0 Å². The zero-order valence-electron chi connectivity index (χ0n) is 10.0. The molecule has 0 saturated carbocycles. The van der Waals surface area contributed by atoms with Crippen molar-refractivity contribution in [2.75, 3.05) is 0 Å². The molecule has 0 unspecified atom stereocenters. The molecule has 0 amide bonds. The van der Waals surface area contributed by atoms with E-state index in [0.717, 1.165) is 0 Å². The first-order valence-corrected chi connectivity index (χ1v) is 12.1. The first kappa shape index (κ1) is 10.2. The van der Waals surface area contributed by atoms with Gasteiger partial charge in [0.15, 0.2) is 0 Å². The molecule has 0 saturated heterocycles. The maximum atomic E-state index is 2.50. The van der Waals surface area contributed by atoms with Crippen LogP contribution in [0.5, 0.6) is 0 Å². The van der Waals surface area contributed by atoms with E-state index in [2.05, 4.69) is 60.9 Å². The molecule has 1 heterocycles. The number of hydrogen-bond donors (Lipinski definition) is 0. The zero-order chi connectivity index (χ0) is 11.3. The molecule has 0 spiro atoms. The van der Waals surface area contributed by atoms with Crippen LogP contribution >= 0.6 is 0 Å². The zero-order valence-corrected chi connectivity index (χ0v) is 12.1. The van der Waals surface area contributed by atoms with Gasteiger partial charge in [-0.25, -0.2) is 0 Å². The van der Waals surface area contributed by atoms with Crippen molar-refractivity contribution in [1.29, 1.82) is 0 Å². The van der Waals surface area contributed by atoms with Crippen molar-refractivity contribution < 1.29 is 0 Å². The number of rotatable bonds is 0. The van der Waals surface area contributed by atoms with Crippen LogP contribution in [0.4, 0.5) is 0 Å². The van der Waals surface area contributed by atoms with Crippen molar-refractivity contribution in [2.24, 2.45) is 0 Å². The van der Waals surface area contributed by atoms with Crippen LogP contribution in [-0.4, -0.2) is 13.3 Å². The Hall–Kier alpha value is -1.02. The van der Waals surface area contributed by atoms with E-state index < -0.39 is 13.3 Å². The number of benzene rings is 2. The summed E-state index contributed by atoms with van der Waals surface area (Å²) >= 11 is -1.96. The second-order valence-corrected chi connectivity index (χ2v) is 14.3. The van der Waals surface area contributed by atoms with Gasteiger partial charge in [-0.05, 0) is 0 Å². The van der Waals surface area contributed by atoms with Gasteiger partial charge in [-0.15, -0.1) is 0 Å². The summed E-state index contributed by atoms with van der Waals surface area (Å²) in [6.07, 6.45) is 0. The van der Waals surface area contributed by atoms with E-state index in [1.807, 2.05) is 0 Å². The molecule has 16 heavy (non-hydrogen) atoms. The van der Waals surface area contributed by atoms with Crippen molar-refractivity contribution in [3.63, 3.8) is 0 Å². The van der Waals surface area contributed by atoms with Gasteiger partial charge in [0, 0.05) is 0 Å². The van der Waals surface area contributed by atoms with E-state index in [-0.39, 0.29) is 0 Å². The fraction of sp³-hybridized carbons (Fsp3) is 0.200. The van der Waals surface area contributed by atoms with Crippen LogP contribution < -0.4 is 8.79 Å². The third-order valence-corrected chi connectivity index (χ3v) is 11.2. The first-order valence-electron chi connectivity index (χ1n) is 5.82. The van der Waals surface area contributed by atoms with E-state index >= 15 is 0 Å². The van der Waals surface area contributed by atoms with Crippen LogP contribution in [0.1, 0.15) is 5.56 Å². The van der Waals surface area contributed by atoms with Crippen LogP contribution in [0.15, 0.2) is 42.5 Å². The molecule has 0 nitrogen and oxygen atoms in total. The average molecular weight is 269 g/mol. The Morgan fingerprint density at radius 1 is 0.812 bits per heavy atom. The molecule has 1 aliphatic rings. The summed E-state index contributed by atoms with van der Waals surface area (Å²) in [5.41, 5.74) is 4.37. The fourth-order valence-corrected chi connectivity index (χ4v) is 9.48. The Morgan fingerprint density at radius 3 is 2.31 bits per heavy atom. The van der Waals surface area contributed by atoms with E-state index in [0.29, 0.717) is 0 Å². The summed E-state index contributed by atoms with van der Waals surface area (Å²) in [7, 11) is 0. The molecule has 3 rings (SSSR count). The van der Waals surface area contributed by atoms with Crippen LogP contribution in [-0.2, 0) is 0 Å². The predicted octanol–water partition coefficient (Wildman–Crippen LogP) is 2.80.